The average molecular weight is 674 g/mol. The number of anilines is 1. The summed E-state index contributed by atoms with van der Waals surface area (Å²) in [4.78, 5) is 17.8. The molecule has 0 unspecified atom stereocenters. The lowest BCUT2D eigenvalue weighted by molar-refractivity contribution is -0.195. The van der Waals surface area contributed by atoms with Crippen LogP contribution < -0.4 is 10.1 Å². The Bertz CT molecular complexity index is 1610. The number of methoxy groups -OCH3 is 1. The highest BCUT2D eigenvalue weighted by molar-refractivity contribution is 7.89. The zero-order valence-electron chi connectivity index (χ0n) is 27.8. The number of aromatic nitrogens is 1. The first kappa shape index (κ1) is 35.1. The zero-order chi connectivity index (χ0) is 33.7. The summed E-state index contributed by atoms with van der Waals surface area (Å²) in [5.41, 5.74) is 1.71. The molecule has 2 aliphatic heterocycles. The van der Waals surface area contributed by atoms with Crippen molar-refractivity contribution in [3.63, 3.8) is 0 Å². The number of rotatable bonds is 15. The van der Waals surface area contributed by atoms with Crippen LogP contribution in [0.25, 0.3) is 11.1 Å². The van der Waals surface area contributed by atoms with Crippen molar-refractivity contribution in [2.24, 2.45) is 17.8 Å². The molecular formula is C34H47N3O9S. The topological polar surface area (TPSA) is 150 Å². The third-order valence-corrected chi connectivity index (χ3v) is 10.3. The van der Waals surface area contributed by atoms with E-state index in [1.807, 2.05) is 52.0 Å². The van der Waals surface area contributed by atoms with Crippen molar-refractivity contribution >= 4 is 33.1 Å². The van der Waals surface area contributed by atoms with Crippen LogP contribution in [0.2, 0.25) is 0 Å². The second-order valence-corrected chi connectivity index (χ2v) is 15.1. The fraction of sp³-hybridized carbons (Fsp3) is 0.588. The van der Waals surface area contributed by atoms with Crippen LogP contribution in [0, 0.1) is 17.8 Å². The minimum atomic E-state index is -4.07. The molecule has 258 valence electrons. The van der Waals surface area contributed by atoms with E-state index in [1.165, 1.54) is 16.4 Å². The Kier molecular flexibility index (Phi) is 11.4. The maximum atomic E-state index is 14.1. The molecule has 3 aromatic rings. The van der Waals surface area contributed by atoms with E-state index in [1.54, 1.807) is 13.2 Å². The highest BCUT2D eigenvalue weighted by Crippen LogP contribution is 2.33. The summed E-state index contributed by atoms with van der Waals surface area (Å²) in [6.45, 7) is 8.67. The molecule has 2 aromatic carbocycles. The van der Waals surface area contributed by atoms with E-state index < -0.39 is 28.0 Å². The van der Waals surface area contributed by atoms with E-state index in [9.17, 15) is 18.3 Å². The van der Waals surface area contributed by atoms with Gasteiger partial charge in [-0.15, -0.1) is 0 Å². The molecule has 5 rings (SSSR count). The molecule has 3 heterocycles. The van der Waals surface area contributed by atoms with E-state index in [-0.39, 0.29) is 54.7 Å². The number of fused-ring (bicyclic) bond motifs is 2. The number of carbonyl (C=O) groups is 1. The number of oxazole rings is 1. The Morgan fingerprint density at radius 1 is 1.09 bits per heavy atom. The first-order valence-corrected chi connectivity index (χ1v) is 17.8. The molecule has 0 spiro atoms. The third kappa shape index (κ3) is 8.82. The van der Waals surface area contributed by atoms with Crippen LogP contribution in [0.3, 0.4) is 0 Å². The maximum Gasteiger partial charge on any atom is 0.306 e. The van der Waals surface area contributed by atoms with E-state index in [0.717, 1.165) is 12.0 Å². The number of sulfonamides is 1. The zero-order valence-corrected chi connectivity index (χ0v) is 28.6. The van der Waals surface area contributed by atoms with Crippen LogP contribution >= 0.6 is 0 Å². The van der Waals surface area contributed by atoms with Gasteiger partial charge in [-0.3, -0.25) is 4.79 Å². The molecule has 1 aromatic heterocycles. The highest BCUT2D eigenvalue weighted by Gasteiger charge is 2.41. The number of aliphatic hydroxyl groups is 1. The van der Waals surface area contributed by atoms with Gasteiger partial charge in [0.1, 0.15) is 17.4 Å². The van der Waals surface area contributed by atoms with Crippen LogP contribution in [0.5, 0.6) is 5.75 Å². The molecule has 0 aliphatic carbocycles. The minimum absolute atomic E-state index is 0.0277. The second kappa shape index (κ2) is 15.3. The molecule has 5 atom stereocenters. The molecule has 0 saturated carbocycles. The lowest BCUT2D eigenvalue weighted by Crippen LogP contribution is -2.43. The summed E-state index contributed by atoms with van der Waals surface area (Å²) in [7, 11) is -2.50. The second-order valence-electron chi connectivity index (χ2n) is 13.1. The van der Waals surface area contributed by atoms with E-state index in [4.69, 9.17) is 23.4 Å². The van der Waals surface area contributed by atoms with Gasteiger partial charge in [-0.1, -0.05) is 26.0 Å². The van der Waals surface area contributed by atoms with Gasteiger partial charge in [0.2, 0.25) is 10.0 Å². The summed E-state index contributed by atoms with van der Waals surface area (Å²) >= 11 is 0. The SMILES string of the molecule is COc1cccc(C[C@H](CC(=O)O[C@H]2CCO[C@H]3OCC[C@H]32)[C@H](O)CN(CC(C)C)S(=O)(=O)c2ccc3nc(NC(C)C)oc3c2)c1. The number of hydrogen-bond donors (Lipinski definition) is 2. The van der Waals surface area contributed by atoms with Gasteiger partial charge in [-0.2, -0.15) is 9.29 Å². The first-order chi connectivity index (χ1) is 22.4. The quantitative estimate of drug-likeness (QED) is 0.218. The van der Waals surface area contributed by atoms with Crippen molar-refractivity contribution in [2.45, 2.75) is 82.8 Å². The fourth-order valence-corrected chi connectivity index (χ4v) is 7.85. The molecule has 0 amide bonds. The standard InChI is InChI=1S/C34H47N3O9S/c1-21(2)19-37(47(40,41)26-9-10-28-31(18-26)46-34(36-28)35-22(3)4)20-29(38)24(15-23-7-6-8-25(16-23)42-5)17-32(39)45-30-12-14-44-33-27(30)11-13-43-33/h6-10,16,18,21-22,24,27,29-30,33,38H,11-15,17,19-20H2,1-5H3,(H,35,36)/t24-,27+,29-,30+,33-/m1/s1. The Labute approximate surface area is 276 Å². The van der Waals surface area contributed by atoms with Gasteiger partial charge in [-0.25, -0.2) is 8.42 Å². The van der Waals surface area contributed by atoms with Crippen molar-refractivity contribution in [2.75, 3.05) is 38.7 Å². The maximum absolute atomic E-state index is 14.1. The largest absolute Gasteiger partial charge is 0.497 e. The number of carbonyl (C=O) groups excluding carboxylic acids is 1. The Morgan fingerprint density at radius 3 is 2.57 bits per heavy atom. The molecule has 2 fully saturated rings. The summed E-state index contributed by atoms with van der Waals surface area (Å²) in [6.07, 6.45) is -0.362. The number of ether oxygens (including phenoxy) is 4. The van der Waals surface area contributed by atoms with Crippen LogP contribution in [0.1, 0.15) is 52.5 Å². The normalized spacial score (nSPS) is 21.3. The van der Waals surface area contributed by atoms with E-state index in [0.29, 0.717) is 48.9 Å². The summed E-state index contributed by atoms with van der Waals surface area (Å²) in [5.74, 6) is -0.512. The Hall–Kier alpha value is -3.23. The molecule has 2 N–H and O–H groups in total. The van der Waals surface area contributed by atoms with Gasteiger partial charge >= 0.3 is 5.97 Å². The van der Waals surface area contributed by atoms with Crippen molar-refractivity contribution in [3.8, 4) is 5.75 Å². The lowest BCUT2D eigenvalue weighted by Gasteiger charge is -2.33. The van der Waals surface area contributed by atoms with Crippen LogP contribution in [-0.2, 0) is 35.4 Å². The van der Waals surface area contributed by atoms with Gasteiger partial charge in [-0.05, 0) is 62.4 Å². The van der Waals surface area contributed by atoms with Crippen LogP contribution in [-0.4, -0.2) is 86.7 Å². The van der Waals surface area contributed by atoms with Crippen molar-refractivity contribution in [3.05, 3.63) is 48.0 Å². The number of nitrogens with zero attached hydrogens (tertiary/aromatic N) is 2. The molecule has 0 radical (unpaired) electrons. The van der Waals surface area contributed by atoms with Crippen molar-refractivity contribution in [1.82, 2.24) is 9.29 Å². The van der Waals surface area contributed by atoms with Gasteiger partial charge in [0.05, 0.1) is 37.7 Å². The number of benzene rings is 2. The lowest BCUT2D eigenvalue weighted by atomic mass is 9.90. The van der Waals surface area contributed by atoms with Gasteiger partial charge < -0.3 is 33.8 Å². The van der Waals surface area contributed by atoms with Gasteiger partial charge in [0, 0.05) is 43.5 Å². The number of nitrogens with one attached hydrogen (secondary N) is 1. The number of hydrogen-bond acceptors (Lipinski definition) is 11. The molecular weight excluding hydrogens is 626 g/mol. The number of esters is 1. The minimum Gasteiger partial charge on any atom is -0.497 e. The van der Waals surface area contributed by atoms with Gasteiger partial charge in [0.15, 0.2) is 11.9 Å². The Morgan fingerprint density at radius 2 is 1.85 bits per heavy atom. The van der Waals surface area contributed by atoms with E-state index in [2.05, 4.69) is 10.3 Å². The van der Waals surface area contributed by atoms with E-state index >= 15 is 0 Å². The smallest absolute Gasteiger partial charge is 0.306 e. The van der Waals surface area contributed by atoms with Crippen LogP contribution in [0.4, 0.5) is 6.01 Å². The first-order valence-electron chi connectivity index (χ1n) is 16.3. The third-order valence-electron chi connectivity index (χ3n) is 8.50. The number of aliphatic hydroxyl groups excluding tert-OH is 1. The average Bonchev–Trinajstić information content (AvgIpc) is 3.66. The summed E-state index contributed by atoms with van der Waals surface area (Å²) < 4.78 is 57.9. The summed E-state index contributed by atoms with van der Waals surface area (Å²) in [6, 6.07) is 12.4. The molecule has 2 saturated heterocycles. The summed E-state index contributed by atoms with van der Waals surface area (Å²) in [5, 5.41) is 14.8. The van der Waals surface area contributed by atoms with Crippen LogP contribution in [0.15, 0.2) is 51.8 Å². The molecule has 2 aliphatic rings. The predicted octanol–water partition coefficient (Wildman–Crippen LogP) is 4.61. The molecule has 47 heavy (non-hydrogen) atoms. The van der Waals surface area contributed by atoms with Crippen molar-refractivity contribution < 1.29 is 41.7 Å². The molecule has 12 nitrogen and oxygen atoms in total. The Balaban J connectivity index is 1.37. The highest BCUT2D eigenvalue weighted by atomic mass is 32.2. The molecule has 13 heteroatoms. The van der Waals surface area contributed by atoms with Crippen molar-refractivity contribution in [1.29, 1.82) is 0 Å². The monoisotopic (exact) mass is 673 g/mol. The predicted molar refractivity (Wildman–Crippen MR) is 175 cm³/mol. The fourth-order valence-electron chi connectivity index (χ4n) is 6.21. The molecule has 0 bridgehead atoms. The van der Waals surface area contributed by atoms with Gasteiger partial charge in [0.25, 0.3) is 6.01 Å².